The zero-order valence-electron chi connectivity index (χ0n) is 9.15. The second-order valence-electron chi connectivity index (χ2n) is 4.12. The molecule has 1 aromatic rings. The highest BCUT2D eigenvalue weighted by atomic mass is 16.5. The Kier molecular flexibility index (Phi) is 3.20. The van der Waals surface area contributed by atoms with Gasteiger partial charge in [0.25, 0.3) is 5.95 Å². The highest BCUT2D eigenvalue weighted by Crippen LogP contribution is 2.17. The summed E-state index contributed by atoms with van der Waals surface area (Å²) >= 11 is 0. The molecule has 1 fully saturated rings. The van der Waals surface area contributed by atoms with E-state index in [2.05, 4.69) is 15.0 Å². The van der Waals surface area contributed by atoms with E-state index in [0.29, 0.717) is 11.8 Å². The Morgan fingerprint density at radius 1 is 1.27 bits per heavy atom. The number of rotatable bonds is 2. The van der Waals surface area contributed by atoms with E-state index in [4.69, 9.17) is 10.3 Å². The van der Waals surface area contributed by atoms with Crippen molar-refractivity contribution in [3.8, 4) is 0 Å². The zero-order valence-corrected chi connectivity index (χ0v) is 9.15. The minimum Gasteiger partial charge on any atom is -0.338 e. The highest BCUT2D eigenvalue weighted by molar-refractivity contribution is 5.27. The average molecular weight is 210 g/mol. The maximum atomic E-state index is 5.67. The quantitative estimate of drug-likeness (QED) is 0.800. The molecule has 0 bridgehead atoms. The Balaban J connectivity index is 2.06. The van der Waals surface area contributed by atoms with Gasteiger partial charge in [-0.15, -0.1) is 0 Å². The molecule has 5 heteroatoms. The van der Waals surface area contributed by atoms with Crippen molar-refractivity contribution in [3.05, 3.63) is 5.89 Å². The summed E-state index contributed by atoms with van der Waals surface area (Å²) in [7, 11) is 0. The first-order valence-corrected chi connectivity index (χ1v) is 5.61. The number of aromatic nitrogens is 2. The average Bonchev–Trinajstić information content (AvgIpc) is 2.55. The third-order valence-corrected chi connectivity index (χ3v) is 2.71. The van der Waals surface area contributed by atoms with Crippen LogP contribution in [0.5, 0.6) is 0 Å². The van der Waals surface area contributed by atoms with Gasteiger partial charge in [-0.1, -0.05) is 12.8 Å². The molecular weight excluding hydrogens is 192 g/mol. The van der Waals surface area contributed by atoms with E-state index in [1.54, 1.807) is 0 Å². The van der Waals surface area contributed by atoms with E-state index in [9.17, 15) is 0 Å². The van der Waals surface area contributed by atoms with Crippen LogP contribution in [-0.4, -0.2) is 23.2 Å². The van der Waals surface area contributed by atoms with Gasteiger partial charge in [-0.2, -0.15) is 4.98 Å². The fraction of sp³-hybridized carbons (Fsp3) is 0.800. The van der Waals surface area contributed by atoms with Crippen LogP contribution in [0.25, 0.3) is 0 Å². The van der Waals surface area contributed by atoms with Crippen LogP contribution >= 0.6 is 0 Å². The molecule has 5 nitrogen and oxygen atoms in total. The first-order chi connectivity index (χ1) is 7.27. The Morgan fingerprint density at radius 3 is 2.47 bits per heavy atom. The molecule has 84 valence electrons. The van der Waals surface area contributed by atoms with Crippen molar-refractivity contribution in [2.75, 3.05) is 18.0 Å². The molecule has 1 aromatic heterocycles. The van der Waals surface area contributed by atoms with Gasteiger partial charge in [0.05, 0.1) is 6.04 Å². The van der Waals surface area contributed by atoms with Crippen LogP contribution in [0, 0.1) is 0 Å². The third-order valence-electron chi connectivity index (χ3n) is 2.71. The second-order valence-corrected chi connectivity index (χ2v) is 4.12. The molecule has 1 saturated heterocycles. The second kappa shape index (κ2) is 4.61. The van der Waals surface area contributed by atoms with Gasteiger partial charge in [-0.25, -0.2) is 0 Å². The van der Waals surface area contributed by atoms with Crippen LogP contribution in [0.3, 0.4) is 0 Å². The van der Waals surface area contributed by atoms with Crippen molar-refractivity contribution in [2.24, 2.45) is 5.73 Å². The zero-order chi connectivity index (χ0) is 10.7. The molecule has 1 unspecified atom stereocenters. The fourth-order valence-electron chi connectivity index (χ4n) is 1.81. The van der Waals surface area contributed by atoms with Gasteiger partial charge in [0.1, 0.15) is 0 Å². The largest absolute Gasteiger partial charge is 0.338 e. The summed E-state index contributed by atoms with van der Waals surface area (Å²) in [6.07, 6.45) is 5.02. The predicted octanol–water partition coefficient (Wildman–Crippen LogP) is 1.47. The summed E-state index contributed by atoms with van der Waals surface area (Å²) in [5.74, 6) is 1.22. The van der Waals surface area contributed by atoms with Crippen molar-refractivity contribution in [2.45, 2.75) is 38.6 Å². The van der Waals surface area contributed by atoms with Gasteiger partial charge in [-0.05, 0) is 24.9 Å². The van der Waals surface area contributed by atoms with Gasteiger partial charge in [-0.3, -0.25) is 0 Å². The molecule has 2 rings (SSSR count). The molecule has 0 radical (unpaired) electrons. The van der Waals surface area contributed by atoms with Gasteiger partial charge >= 0.3 is 0 Å². The first kappa shape index (κ1) is 10.4. The summed E-state index contributed by atoms with van der Waals surface area (Å²) in [6, 6.07) is -0.182. The maximum absolute atomic E-state index is 5.67. The molecule has 2 N–H and O–H groups in total. The van der Waals surface area contributed by atoms with E-state index in [0.717, 1.165) is 13.1 Å². The van der Waals surface area contributed by atoms with Gasteiger partial charge < -0.3 is 15.2 Å². The van der Waals surface area contributed by atoms with Crippen molar-refractivity contribution >= 4 is 5.95 Å². The van der Waals surface area contributed by atoms with Crippen LogP contribution in [0.1, 0.15) is 44.5 Å². The van der Waals surface area contributed by atoms with Crippen LogP contribution < -0.4 is 10.6 Å². The molecule has 1 aliphatic rings. The minimum atomic E-state index is -0.182. The highest BCUT2D eigenvalue weighted by Gasteiger charge is 2.17. The number of anilines is 1. The molecule has 0 spiro atoms. The summed E-state index contributed by atoms with van der Waals surface area (Å²) in [5.41, 5.74) is 5.67. The van der Waals surface area contributed by atoms with Crippen LogP contribution in [0.2, 0.25) is 0 Å². The Morgan fingerprint density at radius 2 is 1.93 bits per heavy atom. The standard InChI is InChI=1S/C10H18N4O/c1-8(11)9-12-10(13-15-9)14-6-4-2-3-5-7-14/h8H,2-7,11H2,1H3. The number of nitrogens with zero attached hydrogens (tertiary/aromatic N) is 3. The van der Waals surface area contributed by atoms with E-state index >= 15 is 0 Å². The monoisotopic (exact) mass is 210 g/mol. The fourth-order valence-corrected chi connectivity index (χ4v) is 1.81. The maximum Gasteiger partial charge on any atom is 0.266 e. The minimum absolute atomic E-state index is 0.182. The molecule has 15 heavy (non-hydrogen) atoms. The van der Waals surface area contributed by atoms with Crippen LogP contribution in [-0.2, 0) is 0 Å². The molecular formula is C10H18N4O. The number of hydrogen-bond acceptors (Lipinski definition) is 5. The topological polar surface area (TPSA) is 68.2 Å². The van der Waals surface area contributed by atoms with Gasteiger partial charge in [0.2, 0.25) is 5.89 Å². The number of nitrogens with two attached hydrogens (primary N) is 1. The van der Waals surface area contributed by atoms with Crippen molar-refractivity contribution in [1.29, 1.82) is 0 Å². The molecule has 1 atom stereocenters. The smallest absolute Gasteiger partial charge is 0.266 e. The predicted molar refractivity (Wildman–Crippen MR) is 57.6 cm³/mol. The third kappa shape index (κ3) is 2.47. The number of hydrogen-bond donors (Lipinski definition) is 1. The first-order valence-electron chi connectivity index (χ1n) is 5.61. The Labute approximate surface area is 89.6 Å². The molecule has 0 amide bonds. The van der Waals surface area contributed by atoms with Gasteiger partial charge in [0.15, 0.2) is 0 Å². The van der Waals surface area contributed by atoms with E-state index in [1.165, 1.54) is 25.7 Å². The molecule has 0 saturated carbocycles. The Bertz CT molecular complexity index is 302. The van der Waals surface area contributed by atoms with Crippen molar-refractivity contribution < 1.29 is 4.52 Å². The summed E-state index contributed by atoms with van der Waals surface area (Å²) < 4.78 is 5.09. The molecule has 1 aliphatic heterocycles. The van der Waals surface area contributed by atoms with E-state index < -0.39 is 0 Å². The summed E-state index contributed by atoms with van der Waals surface area (Å²) in [5, 5.41) is 3.96. The van der Waals surface area contributed by atoms with Crippen LogP contribution in [0.15, 0.2) is 4.52 Å². The van der Waals surface area contributed by atoms with E-state index in [-0.39, 0.29) is 6.04 Å². The van der Waals surface area contributed by atoms with E-state index in [1.807, 2.05) is 6.92 Å². The lowest BCUT2D eigenvalue weighted by Gasteiger charge is -2.16. The summed E-state index contributed by atoms with van der Waals surface area (Å²) in [4.78, 5) is 6.48. The summed E-state index contributed by atoms with van der Waals surface area (Å²) in [6.45, 7) is 3.90. The molecule has 0 aliphatic carbocycles. The SMILES string of the molecule is CC(N)c1nc(N2CCCCCC2)no1. The molecule has 2 heterocycles. The van der Waals surface area contributed by atoms with Crippen LogP contribution in [0.4, 0.5) is 5.95 Å². The van der Waals surface area contributed by atoms with Crippen molar-refractivity contribution in [1.82, 2.24) is 10.1 Å². The molecule has 0 aromatic carbocycles. The lowest BCUT2D eigenvalue weighted by molar-refractivity contribution is 0.360. The normalized spacial score (nSPS) is 20.0. The Hall–Kier alpha value is -1.10. The van der Waals surface area contributed by atoms with Crippen molar-refractivity contribution in [3.63, 3.8) is 0 Å². The lowest BCUT2D eigenvalue weighted by atomic mass is 10.2. The van der Waals surface area contributed by atoms with Gasteiger partial charge in [0, 0.05) is 13.1 Å². The lowest BCUT2D eigenvalue weighted by Crippen LogP contribution is -2.25.